The Labute approximate surface area is 100 Å². The third-order valence-electron chi connectivity index (χ3n) is 2.35. The molecule has 0 amide bonds. The topological polar surface area (TPSA) is 61.0 Å². The van der Waals surface area contributed by atoms with Crippen molar-refractivity contribution < 1.29 is 4.74 Å². The van der Waals surface area contributed by atoms with Crippen LogP contribution in [0.3, 0.4) is 0 Å². The van der Waals surface area contributed by atoms with Gasteiger partial charge in [0.1, 0.15) is 5.82 Å². The number of nitrogen functional groups attached to an aromatic ring is 1. The average molecular weight is 229 g/mol. The number of ether oxygens (including phenoxy) is 1. The lowest BCUT2D eigenvalue weighted by Crippen LogP contribution is -2.02. The number of rotatable bonds is 5. The summed E-state index contributed by atoms with van der Waals surface area (Å²) in [5.41, 5.74) is 6.75. The van der Waals surface area contributed by atoms with Gasteiger partial charge in [-0.1, -0.05) is 30.3 Å². The first-order valence-corrected chi connectivity index (χ1v) is 5.59. The summed E-state index contributed by atoms with van der Waals surface area (Å²) < 4.78 is 5.45. The van der Waals surface area contributed by atoms with Gasteiger partial charge in [0.05, 0.1) is 19.0 Å². The number of anilines is 1. The number of hydrogen-bond acceptors (Lipinski definition) is 4. The summed E-state index contributed by atoms with van der Waals surface area (Å²) in [5, 5.41) is 0. The second kappa shape index (κ2) is 5.84. The maximum atomic E-state index is 5.45. The molecule has 0 atom stereocenters. The molecule has 0 radical (unpaired) electrons. The average Bonchev–Trinajstić information content (AvgIpc) is 2.38. The highest BCUT2D eigenvalue weighted by Gasteiger charge is 1.96. The molecule has 0 spiro atoms. The van der Waals surface area contributed by atoms with Crippen LogP contribution in [-0.2, 0) is 6.42 Å². The highest BCUT2D eigenvalue weighted by molar-refractivity contribution is 5.24. The zero-order chi connectivity index (χ0) is 11.9. The van der Waals surface area contributed by atoms with Crippen LogP contribution in [0.4, 0.5) is 5.82 Å². The van der Waals surface area contributed by atoms with Gasteiger partial charge in [0.2, 0.25) is 5.88 Å². The molecule has 17 heavy (non-hydrogen) atoms. The predicted octanol–water partition coefficient (Wildman–Crippen LogP) is 2.07. The van der Waals surface area contributed by atoms with Gasteiger partial charge >= 0.3 is 0 Å². The zero-order valence-corrected chi connectivity index (χ0v) is 9.54. The Balaban J connectivity index is 1.71. The van der Waals surface area contributed by atoms with Crippen molar-refractivity contribution in [3.63, 3.8) is 0 Å². The summed E-state index contributed by atoms with van der Waals surface area (Å²) in [7, 11) is 0. The first-order valence-electron chi connectivity index (χ1n) is 5.59. The molecule has 88 valence electrons. The normalized spacial score (nSPS) is 10.1. The number of aryl methyl sites for hydroxylation is 1. The largest absolute Gasteiger partial charge is 0.477 e. The number of nitrogens with two attached hydrogens (primary N) is 1. The lowest BCUT2D eigenvalue weighted by Gasteiger charge is -2.04. The van der Waals surface area contributed by atoms with Crippen molar-refractivity contribution in [2.75, 3.05) is 12.3 Å². The van der Waals surface area contributed by atoms with Crippen molar-refractivity contribution in [1.29, 1.82) is 0 Å². The Bertz CT molecular complexity index is 442. The standard InChI is InChI=1S/C13H15N3O/c14-12-9-16-13(10-15-12)17-8-4-7-11-5-2-1-3-6-11/h1-3,5-6,9-10H,4,7-8H2,(H2,14,15). The molecule has 0 aliphatic rings. The van der Waals surface area contributed by atoms with Gasteiger partial charge in [0.15, 0.2) is 0 Å². The Kier molecular flexibility index (Phi) is 3.91. The first-order chi connectivity index (χ1) is 8.34. The van der Waals surface area contributed by atoms with E-state index in [4.69, 9.17) is 10.5 Å². The van der Waals surface area contributed by atoms with Gasteiger partial charge in [-0.15, -0.1) is 0 Å². The Morgan fingerprint density at radius 2 is 1.88 bits per heavy atom. The molecule has 2 aromatic rings. The maximum Gasteiger partial charge on any atom is 0.232 e. The molecule has 1 aromatic carbocycles. The third kappa shape index (κ3) is 3.75. The van der Waals surface area contributed by atoms with Crippen LogP contribution in [0.2, 0.25) is 0 Å². The SMILES string of the molecule is Nc1cnc(OCCCc2ccccc2)cn1. The van der Waals surface area contributed by atoms with E-state index in [2.05, 4.69) is 22.1 Å². The van der Waals surface area contributed by atoms with E-state index in [9.17, 15) is 0 Å². The molecule has 2 rings (SSSR count). The highest BCUT2D eigenvalue weighted by atomic mass is 16.5. The van der Waals surface area contributed by atoms with Gasteiger partial charge in [0, 0.05) is 0 Å². The fraction of sp³-hybridized carbons (Fsp3) is 0.231. The quantitative estimate of drug-likeness (QED) is 0.797. The van der Waals surface area contributed by atoms with E-state index in [0.717, 1.165) is 12.8 Å². The van der Waals surface area contributed by atoms with Crippen LogP contribution in [0.1, 0.15) is 12.0 Å². The first kappa shape index (κ1) is 11.4. The smallest absolute Gasteiger partial charge is 0.232 e. The van der Waals surface area contributed by atoms with E-state index in [1.807, 2.05) is 18.2 Å². The molecule has 2 N–H and O–H groups in total. The number of benzene rings is 1. The minimum atomic E-state index is 0.404. The summed E-state index contributed by atoms with van der Waals surface area (Å²) in [5.74, 6) is 0.925. The Hall–Kier alpha value is -2.10. The molecule has 4 heteroatoms. The lowest BCUT2D eigenvalue weighted by atomic mass is 10.1. The van der Waals surface area contributed by atoms with Crippen LogP contribution < -0.4 is 10.5 Å². The molecular weight excluding hydrogens is 214 g/mol. The third-order valence-corrected chi connectivity index (χ3v) is 2.35. The van der Waals surface area contributed by atoms with Gasteiger partial charge in [-0.2, -0.15) is 0 Å². The van der Waals surface area contributed by atoms with Crippen LogP contribution in [0.25, 0.3) is 0 Å². The van der Waals surface area contributed by atoms with Gasteiger partial charge in [0.25, 0.3) is 0 Å². The zero-order valence-electron chi connectivity index (χ0n) is 9.54. The summed E-state index contributed by atoms with van der Waals surface area (Å²) in [6, 6.07) is 10.3. The van der Waals surface area contributed by atoms with Crippen LogP contribution in [0.15, 0.2) is 42.7 Å². The van der Waals surface area contributed by atoms with Crippen molar-refractivity contribution in [2.24, 2.45) is 0 Å². The second-order valence-corrected chi connectivity index (χ2v) is 3.72. The molecule has 0 unspecified atom stereocenters. The van der Waals surface area contributed by atoms with Crippen LogP contribution in [0, 0.1) is 0 Å². The second-order valence-electron chi connectivity index (χ2n) is 3.72. The van der Waals surface area contributed by atoms with E-state index in [-0.39, 0.29) is 0 Å². The number of hydrogen-bond donors (Lipinski definition) is 1. The monoisotopic (exact) mass is 229 g/mol. The minimum absolute atomic E-state index is 0.404. The fourth-order valence-electron chi connectivity index (χ4n) is 1.50. The van der Waals surface area contributed by atoms with E-state index in [1.165, 1.54) is 18.0 Å². The van der Waals surface area contributed by atoms with E-state index >= 15 is 0 Å². The van der Waals surface area contributed by atoms with Crippen molar-refractivity contribution in [2.45, 2.75) is 12.8 Å². The minimum Gasteiger partial charge on any atom is -0.477 e. The number of nitrogens with zero attached hydrogens (tertiary/aromatic N) is 2. The van der Waals surface area contributed by atoms with Gasteiger partial charge in [-0.25, -0.2) is 9.97 Å². The van der Waals surface area contributed by atoms with Crippen molar-refractivity contribution >= 4 is 5.82 Å². The Morgan fingerprint density at radius 1 is 1.06 bits per heavy atom. The molecule has 0 aliphatic carbocycles. The van der Waals surface area contributed by atoms with Crippen LogP contribution >= 0.6 is 0 Å². The molecule has 1 heterocycles. The maximum absolute atomic E-state index is 5.45. The summed E-state index contributed by atoms with van der Waals surface area (Å²) >= 11 is 0. The fourth-order valence-corrected chi connectivity index (χ4v) is 1.50. The Morgan fingerprint density at radius 3 is 2.59 bits per heavy atom. The van der Waals surface area contributed by atoms with E-state index in [0.29, 0.717) is 18.3 Å². The van der Waals surface area contributed by atoms with Gasteiger partial charge < -0.3 is 10.5 Å². The molecule has 1 aromatic heterocycles. The van der Waals surface area contributed by atoms with E-state index < -0.39 is 0 Å². The number of aromatic nitrogens is 2. The molecule has 0 bridgehead atoms. The molecule has 0 saturated carbocycles. The van der Waals surface area contributed by atoms with Crippen molar-refractivity contribution in [3.05, 3.63) is 48.3 Å². The highest BCUT2D eigenvalue weighted by Crippen LogP contribution is 2.07. The predicted molar refractivity (Wildman–Crippen MR) is 66.7 cm³/mol. The summed E-state index contributed by atoms with van der Waals surface area (Å²) in [6.45, 7) is 0.632. The molecule has 0 aliphatic heterocycles. The molecular formula is C13H15N3O. The van der Waals surface area contributed by atoms with Crippen molar-refractivity contribution in [3.8, 4) is 5.88 Å². The van der Waals surface area contributed by atoms with Gasteiger partial charge in [-0.3, -0.25) is 0 Å². The van der Waals surface area contributed by atoms with Crippen molar-refractivity contribution in [1.82, 2.24) is 9.97 Å². The van der Waals surface area contributed by atoms with Crippen LogP contribution in [0.5, 0.6) is 5.88 Å². The van der Waals surface area contributed by atoms with Gasteiger partial charge in [-0.05, 0) is 18.4 Å². The molecule has 4 nitrogen and oxygen atoms in total. The molecule has 0 saturated heterocycles. The lowest BCUT2D eigenvalue weighted by molar-refractivity contribution is 0.298. The molecule has 0 fully saturated rings. The van der Waals surface area contributed by atoms with E-state index in [1.54, 1.807) is 0 Å². The summed E-state index contributed by atoms with van der Waals surface area (Å²) in [6.07, 6.45) is 4.99. The summed E-state index contributed by atoms with van der Waals surface area (Å²) in [4.78, 5) is 7.92. The van der Waals surface area contributed by atoms with Crippen LogP contribution in [-0.4, -0.2) is 16.6 Å².